The molecule has 0 saturated heterocycles. The van der Waals surface area contributed by atoms with Crippen LogP contribution in [0.3, 0.4) is 0 Å². The fourth-order valence-corrected chi connectivity index (χ4v) is 5.97. The second-order valence-electron chi connectivity index (χ2n) is 12.5. The minimum Gasteiger partial charge on any atom is -0.354 e. The molecule has 0 radical (unpaired) electrons. The Balaban J connectivity index is 1.57. The minimum absolute atomic E-state index is 0.242. The Kier molecular flexibility index (Phi) is 12.6. The zero-order chi connectivity index (χ0) is 33.8. The van der Waals surface area contributed by atoms with Gasteiger partial charge in [0.15, 0.2) is 0 Å². The number of thiophene rings is 1. The summed E-state index contributed by atoms with van der Waals surface area (Å²) in [4.78, 5) is 49.5. The number of rotatable bonds is 15. The van der Waals surface area contributed by atoms with Crippen molar-refractivity contribution in [2.75, 3.05) is 20.6 Å². The number of benzene rings is 2. The van der Waals surface area contributed by atoms with Gasteiger partial charge in [-0.3, -0.25) is 19.4 Å². The van der Waals surface area contributed by atoms with Crippen LogP contribution in [0.25, 0.3) is 11.1 Å². The topological polar surface area (TPSA) is 109 Å². The van der Waals surface area contributed by atoms with Gasteiger partial charge in [0, 0.05) is 56.3 Å². The Morgan fingerprint density at radius 3 is 2.17 bits per heavy atom. The summed E-state index contributed by atoms with van der Waals surface area (Å²) in [5.41, 5.74) is 9.76. The number of hydrogen-bond acceptors (Lipinski definition) is 6. The molecule has 0 bridgehead atoms. The van der Waals surface area contributed by atoms with Crippen LogP contribution in [0.1, 0.15) is 36.3 Å². The Morgan fingerprint density at radius 1 is 0.851 bits per heavy atom. The van der Waals surface area contributed by atoms with E-state index >= 15 is 0 Å². The number of hydrogen-bond donors (Lipinski definition) is 2. The molecule has 0 spiro atoms. The van der Waals surface area contributed by atoms with Gasteiger partial charge in [-0.15, -0.1) is 11.3 Å². The number of amides is 3. The van der Waals surface area contributed by atoms with E-state index in [1.54, 1.807) is 43.9 Å². The van der Waals surface area contributed by atoms with Gasteiger partial charge in [0.2, 0.25) is 17.7 Å². The average molecular weight is 652 g/mol. The van der Waals surface area contributed by atoms with Crippen molar-refractivity contribution in [3.8, 4) is 11.1 Å². The molecule has 4 rings (SSSR count). The van der Waals surface area contributed by atoms with Gasteiger partial charge in [-0.2, -0.15) is 0 Å². The van der Waals surface area contributed by atoms with E-state index in [9.17, 15) is 14.4 Å². The van der Waals surface area contributed by atoms with Crippen LogP contribution in [0.2, 0.25) is 0 Å². The second-order valence-corrected chi connectivity index (χ2v) is 13.5. The number of aromatic nitrogens is 1. The zero-order valence-electron chi connectivity index (χ0n) is 27.6. The normalized spacial score (nSPS) is 12.8. The number of nitrogens with two attached hydrogens (primary N) is 1. The fourth-order valence-electron chi connectivity index (χ4n) is 5.22. The number of nitrogens with one attached hydrogen (secondary N) is 1. The Morgan fingerprint density at radius 2 is 1.53 bits per heavy atom. The summed E-state index contributed by atoms with van der Waals surface area (Å²) in [5, 5.41) is 4.99. The van der Waals surface area contributed by atoms with Crippen LogP contribution in [-0.4, -0.2) is 70.8 Å². The molecule has 0 unspecified atom stereocenters. The maximum atomic E-state index is 14.4. The van der Waals surface area contributed by atoms with E-state index in [0.717, 1.165) is 27.1 Å². The van der Waals surface area contributed by atoms with Crippen LogP contribution in [0.4, 0.5) is 0 Å². The highest BCUT2D eigenvalue weighted by atomic mass is 32.1. The highest BCUT2D eigenvalue weighted by molar-refractivity contribution is 7.09. The van der Waals surface area contributed by atoms with Gasteiger partial charge in [0.1, 0.15) is 12.1 Å². The number of carbonyl (C=O) groups excluding carboxylic acids is 3. The smallest absolute Gasteiger partial charge is 0.246 e. The lowest BCUT2D eigenvalue weighted by atomic mass is 9.98. The van der Waals surface area contributed by atoms with Gasteiger partial charge in [0.05, 0.1) is 0 Å². The Bertz CT molecular complexity index is 1600. The second kappa shape index (κ2) is 16.8. The molecule has 2 heterocycles. The maximum Gasteiger partial charge on any atom is 0.246 e. The van der Waals surface area contributed by atoms with Gasteiger partial charge in [-0.25, -0.2) is 0 Å². The van der Waals surface area contributed by atoms with E-state index in [2.05, 4.69) is 10.3 Å². The monoisotopic (exact) mass is 651 g/mol. The molecule has 3 N–H and O–H groups in total. The molecule has 2 atom stereocenters. The molecule has 0 aliphatic rings. The van der Waals surface area contributed by atoms with Crippen LogP contribution in [0, 0.1) is 0 Å². The third-order valence-electron chi connectivity index (χ3n) is 8.05. The minimum atomic E-state index is -0.846. The van der Waals surface area contributed by atoms with Crippen molar-refractivity contribution in [2.24, 2.45) is 5.73 Å². The lowest BCUT2D eigenvalue weighted by Crippen LogP contribution is -2.56. The lowest BCUT2D eigenvalue weighted by molar-refractivity contribution is -0.146. The summed E-state index contributed by atoms with van der Waals surface area (Å²) < 4.78 is 0. The summed E-state index contributed by atoms with van der Waals surface area (Å²) in [6.07, 6.45) is 8.47. The SMILES string of the molecule is CN(C(=O)C=CCC(C)(C)N)[C@H](Cc1ccc(-c2ccccc2)cc1)C(=O)N(C)[C@H](Cc1cccs1)C(=O)NCCc1ccncc1. The quantitative estimate of drug-likeness (QED) is 0.170. The van der Waals surface area contributed by atoms with Crippen molar-refractivity contribution in [1.29, 1.82) is 0 Å². The molecule has 0 aliphatic heterocycles. The van der Waals surface area contributed by atoms with Gasteiger partial charge in [-0.05, 0) is 78.6 Å². The molecule has 0 fully saturated rings. The van der Waals surface area contributed by atoms with E-state index in [-0.39, 0.29) is 24.1 Å². The fraction of sp³-hybridized carbons (Fsp3) is 0.316. The number of carbonyl (C=O) groups is 3. The van der Waals surface area contributed by atoms with Crippen LogP contribution in [0.15, 0.2) is 109 Å². The van der Waals surface area contributed by atoms with E-state index in [0.29, 0.717) is 25.8 Å². The highest BCUT2D eigenvalue weighted by Crippen LogP contribution is 2.22. The molecule has 0 aliphatic carbocycles. The molecule has 9 heteroatoms. The molecule has 3 amide bonds. The van der Waals surface area contributed by atoms with Crippen molar-refractivity contribution in [3.05, 3.63) is 125 Å². The van der Waals surface area contributed by atoms with Crippen LogP contribution in [0.5, 0.6) is 0 Å². The Labute approximate surface area is 282 Å². The van der Waals surface area contributed by atoms with E-state index in [1.807, 2.05) is 98.1 Å². The van der Waals surface area contributed by atoms with Gasteiger partial charge in [-0.1, -0.05) is 66.7 Å². The molecular formula is C38H45N5O3S. The zero-order valence-corrected chi connectivity index (χ0v) is 28.5. The summed E-state index contributed by atoms with van der Waals surface area (Å²) in [6.45, 7) is 4.20. The molecule has 2 aromatic carbocycles. The van der Waals surface area contributed by atoms with Crippen molar-refractivity contribution in [2.45, 2.75) is 57.2 Å². The average Bonchev–Trinajstić information content (AvgIpc) is 3.59. The number of pyridine rings is 1. The highest BCUT2D eigenvalue weighted by Gasteiger charge is 2.35. The van der Waals surface area contributed by atoms with Crippen molar-refractivity contribution < 1.29 is 14.4 Å². The molecule has 0 saturated carbocycles. The van der Waals surface area contributed by atoms with Crippen molar-refractivity contribution in [3.63, 3.8) is 0 Å². The van der Waals surface area contributed by atoms with Crippen LogP contribution < -0.4 is 11.1 Å². The molecule has 246 valence electrons. The van der Waals surface area contributed by atoms with Gasteiger partial charge < -0.3 is 20.9 Å². The Hall–Kier alpha value is -4.60. The molecular weight excluding hydrogens is 607 g/mol. The first kappa shape index (κ1) is 35.3. The first-order valence-electron chi connectivity index (χ1n) is 15.8. The molecule has 2 aromatic heterocycles. The first-order chi connectivity index (χ1) is 22.5. The summed E-state index contributed by atoms with van der Waals surface area (Å²) in [6, 6.07) is 24.2. The third kappa shape index (κ3) is 10.7. The summed E-state index contributed by atoms with van der Waals surface area (Å²) >= 11 is 1.54. The standard InChI is InChI=1S/C38H45N5O3S/c1-38(2,39)21-8-13-35(44)42(3)34(26-29-14-16-31(17-15-29)30-10-6-5-7-11-30)37(46)43(4)33(27-32-12-9-25-47-32)36(45)41-24-20-28-18-22-40-23-19-28/h5-19,22-23,25,33-34H,20-21,24,26-27,39H2,1-4H3,(H,41,45)/t33-,34-/m1/s1. The van der Waals surface area contributed by atoms with Crippen molar-refractivity contribution in [1.82, 2.24) is 20.1 Å². The van der Waals surface area contributed by atoms with Crippen LogP contribution >= 0.6 is 11.3 Å². The van der Waals surface area contributed by atoms with E-state index in [4.69, 9.17) is 5.73 Å². The number of nitrogens with zero attached hydrogens (tertiary/aromatic N) is 3. The lowest BCUT2D eigenvalue weighted by Gasteiger charge is -2.34. The van der Waals surface area contributed by atoms with E-state index < -0.39 is 17.6 Å². The summed E-state index contributed by atoms with van der Waals surface area (Å²) in [7, 11) is 3.29. The molecule has 8 nitrogen and oxygen atoms in total. The molecule has 47 heavy (non-hydrogen) atoms. The summed E-state index contributed by atoms with van der Waals surface area (Å²) in [5.74, 6) is -0.863. The van der Waals surface area contributed by atoms with Crippen LogP contribution in [-0.2, 0) is 33.6 Å². The number of likely N-dealkylation sites (N-methyl/N-ethyl adjacent to an activating group) is 2. The predicted molar refractivity (Wildman–Crippen MR) is 190 cm³/mol. The predicted octanol–water partition coefficient (Wildman–Crippen LogP) is 5.29. The molecule has 4 aromatic rings. The first-order valence-corrected chi connectivity index (χ1v) is 16.7. The maximum absolute atomic E-state index is 14.4. The third-order valence-corrected chi connectivity index (χ3v) is 8.95. The van der Waals surface area contributed by atoms with Gasteiger partial charge in [0.25, 0.3) is 0 Å². The van der Waals surface area contributed by atoms with E-state index in [1.165, 1.54) is 15.9 Å². The largest absolute Gasteiger partial charge is 0.354 e. The van der Waals surface area contributed by atoms with Gasteiger partial charge >= 0.3 is 0 Å². The van der Waals surface area contributed by atoms with Crippen molar-refractivity contribution >= 4 is 29.1 Å².